The largest absolute Gasteiger partial charge is 0.390 e. The van der Waals surface area contributed by atoms with Gasteiger partial charge in [0.15, 0.2) is 0 Å². The van der Waals surface area contributed by atoms with Crippen molar-refractivity contribution >= 4 is 5.91 Å². The van der Waals surface area contributed by atoms with Crippen LogP contribution in [-0.4, -0.2) is 55.9 Å². The number of imidazole rings is 1. The Hall–Kier alpha value is -2.19. The van der Waals surface area contributed by atoms with Crippen molar-refractivity contribution in [3.05, 3.63) is 35.2 Å². The van der Waals surface area contributed by atoms with E-state index in [0.29, 0.717) is 25.2 Å². The summed E-state index contributed by atoms with van der Waals surface area (Å²) in [5, 5.41) is 17.3. The van der Waals surface area contributed by atoms with Crippen LogP contribution in [0.5, 0.6) is 0 Å². The second-order valence-corrected chi connectivity index (χ2v) is 6.36. The average Bonchev–Trinajstić information content (AvgIpc) is 3.10. The lowest BCUT2D eigenvalue weighted by Gasteiger charge is -2.36. The van der Waals surface area contributed by atoms with E-state index in [-0.39, 0.29) is 11.9 Å². The van der Waals surface area contributed by atoms with Gasteiger partial charge in [0.05, 0.1) is 30.4 Å². The standard InChI is InChI=1S/C16H23N5O3/c1-10-12(11(2)24-19-10)7-21-5-4-13(15(22)8-21)18-16(23)14-6-17-9-20(14)3/h6,9,13,15,22H,4-5,7-8H2,1-3H3,(H,18,23)/t13-,15-/m1/s1. The molecule has 1 amide bonds. The van der Waals surface area contributed by atoms with Crippen LogP contribution in [-0.2, 0) is 13.6 Å². The van der Waals surface area contributed by atoms with Gasteiger partial charge in [-0.15, -0.1) is 0 Å². The Labute approximate surface area is 140 Å². The molecule has 8 nitrogen and oxygen atoms in total. The number of nitrogens with zero attached hydrogens (tertiary/aromatic N) is 4. The van der Waals surface area contributed by atoms with Crippen molar-refractivity contribution in [2.75, 3.05) is 13.1 Å². The van der Waals surface area contributed by atoms with Gasteiger partial charge in [-0.2, -0.15) is 0 Å². The molecule has 2 aromatic rings. The van der Waals surface area contributed by atoms with Crippen LogP contribution in [0.4, 0.5) is 0 Å². The van der Waals surface area contributed by atoms with Gasteiger partial charge in [-0.1, -0.05) is 5.16 Å². The molecule has 0 aliphatic carbocycles. The molecule has 1 saturated heterocycles. The summed E-state index contributed by atoms with van der Waals surface area (Å²) in [6, 6.07) is -0.256. The summed E-state index contributed by atoms with van der Waals surface area (Å²) in [5.74, 6) is 0.604. The van der Waals surface area contributed by atoms with Crippen LogP contribution in [0.1, 0.15) is 33.9 Å². The molecular formula is C16H23N5O3. The van der Waals surface area contributed by atoms with E-state index in [1.165, 1.54) is 6.20 Å². The van der Waals surface area contributed by atoms with Gasteiger partial charge in [-0.25, -0.2) is 4.98 Å². The number of amides is 1. The number of hydrogen-bond acceptors (Lipinski definition) is 6. The molecule has 3 heterocycles. The summed E-state index contributed by atoms with van der Waals surface area (Å²) in [5.41, 5.74) is 2.44. The fraction of sp³-hybridized carbons (Fsp3) is 0.562. The number of piperidine rings is 1. The summed E-state index contributed by atoms with van der Waals surface area (Å²) in [6.45, 7) is 5.80. The Kier molecular flexibility index (Phi) is 4.68. The summed E-state index contributed by atoms with van der Waals surface area (Å²) >= 11 is 0. The number of aliphatic hydroxyl groups excluding tert-OH is 1. The first-order chi connectivity index (χ1) is 11.5. The molecule has 1 aliphatic rings. The molecule has 1 aliphatic heterocycles. The molecule has 24 heavy (non-hydrogen) atoms. The molecule has 2 aromatic heterocycles. The second-order valence-electron chi connectivity index (χ2n) is 6.36. The van der Waals surface area contributed by atoms with Gasteiger partial charge < -0.3 is 19.5 Å². The third kappa shape index (κ3) is 3.34. The minimum Gasteiger partial charge on any atom is -0.390 e. The number of rotatable bonds is 4. The third-order valence-electron chi connectivity index (χ3n) is 4.59. The van der Waals surface area contributed by atoms with Gasteiger partial charge in [0.1, 0.15) is 11.5 Å². The molecule has 0 spiro atoms. The molecule has 2 N–H and O–H groups in total. The van der Waals surface area contributed by atoms with Gasteiger partial charge in [0, 0.05) is 32.2 Å². The molecular weight excluding hydrogens is 310 g/mol. The summed E-state index contributed by atoms with van der Waals surface area (Å²) < 4.78 is 6.85. The van der Waals surface area contributed by atoms with E-state index >= 15 is 0 Å². The minimum absolute atomic E-state index is 0.210. The fourth-order valence-corrected chi connectivity index (χ4v) is 3.08. The number of nitrogens with one attached hydrogen (secondary N) is 1. The lowest BCUT2D eigenvalue weighted by molar-refractivity contribution is 0.0345. The van der Waals surface area contributed by atoms with Crippen LogP contribution in [0.15, 0.2) is 17.0 Å². The van der Waals surface area contributed by atoms with Crippen molar-refractivity contribution in [3.8, 4) is 0 Å². The summed E-state index contributed by atoms with van der Waals surface area (Å²) in [7, 11) is 1.77. The molecule has 8 heteroatoms. The Morgan fingerprint density at radius 1 is 1.50 bits per heavy atom. The first-order valence-corrected chi connectivity index (χ1v) is 8.05. The van der Waals surface area contributed by atoms with Crippen LogP contribution in [0.2, 0.25) is 0 Å². The van der Waals surface area contributed by atoms with Gasteiger partial charge in [-0.3, -0.25) is 9.69 Å². The van der Waals surface area contributed by atoms with Gasteiger partial charge in [0.25, 0.3) is 5.91 Å². The Morgan fingerprint density at radius 3 is 2.88 bits per heavy atom. The number of aryl methyl sites for hydroxylation is 3. The van der Waals surface area contributed by atoms with Crippen LogP contribution >= 0.6 is 0 Å². The van der Waals surface area contributed by atoms with Crippen molar-refractivity contribution in [2.24, 2.45) is 7.05 Å². The highest BCUT2D eigenvalue weighted by molar-refractivity contribution is 5.92. The first-order valence-electron chi connectivity index (χ1n) is 8.05. The highest BCUT2D eigenvalue weighted by atomic mass is 16.5. The molecule has 0 bridgehead atoms. The van der Waals surface area contributed by atoms with E-state index < -0.39 is 6.10 Å². The normalized spacial score (nSPS) is 21.8. The van der Waals surface area contributed by atoms with Crippen LogP contribution in [0.3, 0.4) is 0 Å². The van der Waals surface area contributed by atoms with Crippen molar-refractivity contribution in [2.45, 2.75) is 39.0 Å². The molecule has 2 atom stereocenters. The third-order valence-corrected chi connectivity index (χ3v) is 4.59. The maximum absolute atomic E-state index is 12.3. The van der Waals surface area contributed by atoms with Crippen LogP contribution in [0, 0.1) is 13.8 Å². The zero-order valence-corrected chi connectivity index (χ0v) is 14.2. The van der Waals surface area contributed by atoms with E-state index in [1.54, 1.807) is 17.9 Å². The maximum Gasteiger partial charge on any atom is 0.269 e. The van der Waals surface area contributed by atoms with Gasteiger partial charge >= 0.3 is 0 Å². The number of hydrogen-bond donors (Lipinski definition) is 2. The number of likely N-dealkylation sites (tertiary alicyclic amines) is 1. The average molecular weight is 333 g/mol. The van der Waals surface area contributed by atoms with Crippen molar-refractivity contribution in [1.82, 2.24) is 24.9 Å². The maximum atomic E-state index is 12.3. The molecule has 0 saturated carbocycles. The minimum atomic E-state index is -0.614. The highest BCUT2D eigenvalue weighted by Crippen LogP contribution is 2.19. The first kappa shape index (κ1) is 16.7. The van der Waals surface area contributed by atoms with E-state index in [1.807, 2.05) is 13.8 Å². The Morgan fingerprint density at radius 2 is 2.29 bits per heavy atom. The predicted octanol–water partition coefficient (Wildman–Crippen LogP) is 0.390. The number of carbonyl (C=O) groups excluding carboxylic acids is 1. The second kappa shape index (κ2) is 6.74. The van der Waals surface area contributed by atoms with E-state index in [4.69, 9.17) is 4.52 Å². The molecule has 0 unspecified atom stereocenters. The Bertz CT molecular complexity index is 704. The van der Waals surface area contributed by atoms with Crippen molar-refractivity contribution in [1.29, 1.82) is 0 Å². The fourth-order valence-electron chi connectivity index (χ4n) is 3.08. The van der Waals surface area contributed by atoms with Crippen molar-refractivity contribution < 1.29 is 14.4 Å². The van der Waals surface area contributed by atoms with Crippen molar-refractivity contribution in [3.63, 3.8) is 0 Å². The monoisotopic (exact) mass is 333 g/mol. The number of β-amino-alcohol motifs (C(OH)–C–C–N with tert-alkyl or cyclic N) is 1. The van der Waals surface area contributed by atoms with Crippen LogP contribution < -0.4 is 5.32 Å². The summed E-state index contributed by atoms with van der Waals surface area (Å²) in [4.78, 5) is 18.3. The highest BCUT2D eigenvalue weighted by Gasteiger charge is 2.30. The smallest absolute Gasteiger partial charge is 0.269 e. The zero-order valence-electron chi connectivity index (χ0n) is 14.2. The molecule has 1 fully saturated rings. The van der Waals surface area contributed by atoms with E-state index in [0.717, 1.165) is 23.6 Å². The van der Waals surface area contributed by atoms with E-state index in [2.05, 4.69) is 20.4 Å². The topological polar surface area (TPSA) is 96.4 Å². The number of aromatic nitrogens is 3. The van der Waals surface area contributed by atoms with Gasteiger partial charge in [0.2, 0.25) is 0 Å². The number of aliphatic hydroxyl groups is 1. The van der Waals surface area contributed by atoms with Gasteiger partial charge in [-0.05, 0) is 20.3 Å². The zero-order chi connectivity index (χ0) is 17.3. The molecule has 130 valence electrons. The van der Waals surface area contributed by atoms with E-state index in [9.17, 15) is 9.90 Å². The quantitative estimate of drug-likeness (QED) is 0.840. The molecule has 0 radical (unpaired) electrons. The lowest BCUT2D eigenvalue weighted by Crippen LogP contribution is -2.54. The molecule has 0 aromatic carbocycles. The SMILES string of the molecule is Cc1noc(C)c1CN1CC[C@@H](NC(=O)c2cncn2C)[C@H](O)C1. The lowest BCUT2D eigenvalue weighted by atomic mass is 10.0. The molecule has 3 rings (SSSR count). The number of carbonyl (C=O) groups is 1. The Balaban J connectivity index is 1.57. The summed E-state index contributed by atoms with van der Waals surface area (Å²) in [6.07, 6.45) is 3.18. The van der Waals surface area contributed by atoms with Crippen LogP contribution in [0.25, 0.3) is 0 Å². The predicted molar refractivity (Wildman–Crippen MR) is 86.3 cm³/mol.